The molecule has 1 atom stereocenters. The number of esters is 2. The van der Waals surface area contributed by atoms with Crippen LogP contribution in [0, 0.1) is 6.92 Å². The van der Waals surface area contributed by atoms with E-state index in [0.29, 0.717) is 26.2 Å². The van der Waals surface area contributed by atoms with Crippen molar-refractivity contribution in [1.82, 2.24) is 4.98 Å². The van der Waals surface area contributed by atoms with Crippen molar-refractivity contribution in [2.45, 2.75) is 53.2 Å². The van der Waals surface area contributed by atoms with Crippen molar-refractivity contribution in [2.24, 2.45) is 5.73 Å². The maximum atomic E-state index is 11.2. The van der Waals surface area contributed by atoms with Crippen LogP contribution in [0.5, 0.6) is 11.5 Å². The average molecular weight is 615 g/mol. The van der Waals surface area contributed by atoms with E-state index in [1.807, 2.05) is 55.5 Å². The van der Waals surface area contributed by atoms with Gasteiger partial charge in [-0.25, -0.2) is 9.78 Å². The number of nitrogens with zero attached hydrogens (tertiary/aromatic N) is 1. The third-order valence-electron chi connectivity index (χ3n) is 5.51. The molecule has 3 rings (SSSR count). The number of aryl methyl sites for hydroxylation is 1. The van der Waals surface area contributed by atoms with Crippen LogP contribution in [0.3, 0.4) is 0 Å². The van der Waals surface area contributed by atoms with Crippen molar-refractivity contribution in [3.63, 3.8) is 0 Å². The first-order valence-corrected chi connectivity index (χ1v) is 14.2. The Morgan fingerprint density at radius 3 is 2.14 bits per heavy atom. The number of benzene rings is 2. The minimum absolute atomic E-state index is 0. The molecule has 0 aliphatic heterocycles. The summed E-state index contributed by atoms with van der Waals surface area (Å²) in [7, 11) is 1.40. The van der Waals surface area contributed by atoms with Gasteiger partial charge in [0.25, 0.3) is 5.91 Å². The van der Waals surface area contributed by atoms with Crippen molar-refractivity contribution in [3.8, 4) is 11.5 Å². The van der Waals surface area contributed by atoms with Crippen LogP contribution in [-0.2, 0) is 35.1 Å². The highest BCUT2D eigenvalue weighted by atomic mass is 16.7. The lowest BCUT2D eigenvalue weighted by molar-refractivity contribution is -0.155. The van der Waals surface area contributed by atoms with Gasteiger partial charge >= 0.3 is 11.9 Å². The summed E-state index contributed by atoms with van der Waals surface area (Å²) < 4.78 is 30.5. The molecule has 242 valence electrons. The van der Waals surface area contributed by atoms with Crippen molar-refractivity contribution in [2.75, 3.05) is 33.7 Å². The summed E-state index contributed by atoms with van der Waals surface area (Å²) in [5.74, 6) is -1.24. The maximum absolute atomic E-state index is 11.2. The molecular weight excluding hydrogens is 568 g/mol. The number of rotatable bonds is 15. The number of pyridine rings is 1. The summed E-state index contributed by atoms with van der Waals surface area (Å²) in [6.45, 7) is 8.55. The van der Waals surface area contributed by atoms with Crippen molar-refractivity contribution < 1.29 is 44.2 Å². The number of hydrogen-bond donors (Lipinski definition) is 1. The Morgan fingerprint density at radius 2 is 1.59 bits per heavy atom. The summed E-state index contributed by atoms with van der Waals surface area (Å²) in [6, 6.07) is 21.8. The second kappa shape index (κ2) is 23.0. The third kappa shape index (κ3) is 16.8. The van der Waals surface area contributed by atoms with E-state index in [4.69, 9.17) is 34.2 Å². The Labute approximate surface area is 261 Å². The molecule has 0 saturated heterocycles. The van der Waals surface area contributed by atoms with E-state index in [1.54, 1.807) is 13.8 Å². The van der Waals surface area contributed by atoms with E-state index in [1.165, 1.54) is 24.9 Å². The second-order valence-electron chi connectivity index (χ2n) is 9.11. The van der Waals surface area contributed by atoms with Crippen molar-refractivity contribution in [3.05, 3.63) is 89.7 Å². The predicted molar refractivity (Wildman–Crippen MR) is 167 cm³/mol. The number of methoxy groups -OCH3 is 1. The Balaban J connectivity index is 0.000000700. The molecule has 1 amide bonds. The fourth-order valence-corrected chi connectivity index (χ4v) is 3.20. The summed E-state index contributed by atoms with van der Waals surface area (Å²) in [5, 5.41) is 0. The molecule has 0 radical (unpaired) electrons. The topological polar surface area (TPSA) is 146 Å². The molecule has 0 spiro atoms. The van der Waals surface area contributed by atoms with Gasteiger partial charge in [-0.1, -0.05) is 73.2 Å². The number of carbonyl (C=O) groups excluding carboxylic acids is 3. The number of hydrogen-bond acceptors (Lipinski definition) is 10. The summed E-state index contributed by atoms with van der Waals surface area (Å²) in [6.07, 6.45) is 2.44. The van der Waals surface area contributed by atoms with Gasteiger partial charge in [-0.2, -0.15) is 0 Å². The highest BCUT2D eigenvalue weighted by Crippen LogP contribution is 2.29. The lowest BCUT2D eigenvalue weighted by Gasteiger charge is -2.12. The van der Waals surface area contributed by atoms with Crippen LogP contribution in [0.2, 0.25) is 0 Å². The molecule has 44 heavy (non-hydrogen) atoms. The van der Waals surface area contributed by atoms with Crippen LogP contribution in [0.1, 0.15) is 56.7 Å². The van der Waals surface area contributed by atoms with Gasteiger partial charge in [0.1, 0.15) is 12.7 Å². The van der Waals surface area contributed by atoms with E-state index in [9.17, 15) is 14.4 Å². The first-order chi connectivity index (χ1) is 21.2. The molecule has 0 unspecified atom stereocenters. The van der Waals surface area contributed by atoms with Crippen molar-refractivity contribution >= 4 is 17.8 Å². The molecule has 1 heterocycles. The standard InChI is InChI=1S/C14H20O3.C12H16N2O6.C7H8.H2/c1-3-14(15)17-12(2)9-10-16-11-13-7-5-4-6-8-13;1-3-18-6-9(15)19-7-20-11-8(17-2)4-5-14-10(11)12(13)16;1-7-5-3-2-4-6-7;/h4-8,12H,3,9-11H2,1-2H3;4-5H,3,6-7H2,1-2H3,(H2,13,16);2-6H,1H3;1H/t12-;;;/m0.../s1. The highest BCUT2D eigenvalue weighted by Gasteiger charge is 2.17. The number of carbonyl (C=O) groups is 3. The molecule has 11 heteroatoms. The Bertz CT molecular complexity index is 1230. The van der Waals surface area contributed by atoms with Gasteiger partial charge in [0.2, 0.25) is 6.79 Å². The number of aromatic nitrogens is 1. The zero-order chi connectivity index (χ0) is 32.6. The van der Waals surface area contributed by atoms with E-state index in [0.717, 1.165) is 12.0 Å². The summed E-state index contributed by atoms with van der Waals surface area (Å²) in [4.78, 5) is 37.2. The largest absolute Gasteiger partial charge is 0.493 e. The minimum Gasteiger partial charge on any atom is -0.493 e. The van der Waals surface area contributed by atoms with Crippen molar-refractivity contribution in [1.29, 1.82) is 0 Å². The van der Waals surface area contributed by atoms with Gasteiger partial charge in [-0.3, -0.25) is 9.59 Å². The Morgan fingerprint density at radius 1 is 0.932 bits per heavy atom. The first kappa shape index (κ1) is 37.5. The molecule has 0 aliphatic carbocycles. The zero-order valence-electron chi connectivity index (χ0n) is 26.2. The summed E-state index contributed by atoms with van der Waals surface area (Å²) in [5.41, 5.74) is 7.54. The molecule has 1 aromatic heterocycles. The van der Waals surface area contributed by atoms with Crippen LogP contribution in [0.15, 0.2) is 72.9 Å². The first-order valence-electron chi connectivity index (χ1n) is 14.2. The van der Waals surface area contributed by atoms with E-state index < -0.39 is 18.7 Å². The predicted octanol–water partition coefficient (Wildman–Crippen LogP) is 5.28. The van der Waals surface area contributed by atoms with Gasteiger partial charge in [0, 0.05) is 33.1 Å². The Hall–Kier alpha value is -4.48. The van der Waals surface area contributed by atoms with Gasteiger partial charge in [0.15, 0.2) is 17.2 Å². The van der Waals surface area contributed by atoms with Crippen LogP contribution >= 0.6 is 0 Å². The lowest BCUT2D eigenvalue weighted by Crippen LogP contribution is -2.19. The second-order valence-corrected chi connectivity index (χ2v) is 9.11. The van der Waals surface area contributed by atoms with Gasteiger partial charge in [-0.05, 0) is 26.3 Å². The van der Waals surface area contributed by atoms with E-state index in [-0.39, 0.29) is 37.3 Å². The highest BCUT2D eigenvalue weighted by molar-refractivity contribution is 5.94. The van der Waals surface area contributed by atoms with Crippen LogP contribution in [0.4, 0.5) is 0 Å². The number of primary amides is 1. The number of ether oxygens (including phenoxy) is 6. The normalized spacial score (nSPS) is 10.6. The van der Waals surface area contributed by atoms with Crippen LogP contribution in [0.25, 0.3) is 0 Å². The molecule has 3 aromatic rings. The quantitative estimate of drug-likeness (QED) is 0.136. The zero-order valence-corrected chi connectivity index (χ0v) is 26.2. The third-order valence-corrected chi connectivity index (χ3v) is 5.51. The fourth-order valence-electron chi connectivity index (χ4n) is 3.20. The number of amides is 1. The van der Waals surface area contributed by atoms with Gasteiger partial charge < -0.3 is 34.2 Å². The fraction of sp³-hybridized carbons (Fsp3) is 0.394. The molecular formula is C33H46N2O9. The van der Waals surface area contributed by atoms with Gasteiger partial charge in [-0.15, -0.1) is 0 Å². The monoisotopic (exact) mass is 614 g/mol. The lowest BCUT2D eigenvalue weighted by atomic mass is 10.2. The maximum Gasteiger partial charge on any atom is 0.334 e. The molecule has 0 saturated carbocycles. The SMILES string of the molecule is CCC(=O)O[C@@H](C)CCOCc1ccccc1.CCOCC(=O)OCOc1c(OC)ccnc1C(N)=O.Cc1ccccc1.[HH]. The van der Waals surface area contributed by atoms with Crippen LogP contribution in [-0.4, -0.2) is 62.7 Å². The Kier molecular flexibility index (Phi) is 19.7. The average Bonchev–Trinajstić information content (AvgIpc) is 3.03. The smallest absolute Gasteiger partial charge is 0.334 e. The summed E-state index contributed by atoms with van der Waals surface area (Å²) >= 11 is 0. The van der Waals surface area contributed by atoms with E-state index >= 15 is 0 Å². The molecule has 0 fully saturated rings. The minimum atomic E-state index is -0.778. The number of nitrogens with two attached hydrogens (primary N) is 1. The molecule has 0 bridgehead atoms. The molecule has 2 aromatic carbocycles. The van der Waals surface area contributed by atoms with Crippen LogP contribution < -0.4 is 15.2 Å². The molecule has 2 N–H and O–H groups in total. The van der Waals surface area contributed by atoms with E-state index in [2.05, 4.69) is 24.0 Å². The molecule has 11 nitrogen and oxygen atoms in total. The molecule has 0 aliphatic rings. The van der Waals surface area contributed by atoms with Gasteiger partial charge in [0.05, 0.1) is 20.3 Å².